The predicted octanol–water partition coefficient (Wildman–Crippen LogP) is 9.30. The van der Waals surface area contributed by atoms with Crippen molar-refractivity contribution in [3.8, 4) is 18.2 Å². The van der Waals surface area contributed by atoms with Crippen LogP contribution in [0.1, 0.15) is 40.3 Å². The predicted molar refractivity (Wildman–Crippen MR) is 131 cm³/mol. The maximum Gasteiger partial charge on any atom is 0.422 e. The third-order valence-electron chi connectivity index (χ3n) is 7.07. The first-order chi connectivity index (χ1) is 22.2. The zero-order valence-electron chi connectivity index (χ0n) is 23.0. The smallest absolute Gasteiger partial charge is 0.203 e. The zero-order chi connectivity index (χ0) is 36.5. The molecule has 0 aromatic heterocycles. The SMILES string of the molecule is CC(=C1C(=C(C#N)c2c(F)c(F)c(C)c(F)c2F)C1=C(C#N)c1c(F)c(F)c(C(F)(F)F)c(F)c1F)c1c(F)c(F)c(C#N)c(F)c1F. The second-order valence-corrected chi connectivity index (χ2v) is 9.60. The molecule has 246 valence electrons. The van der Waals surface area contributed by atoms with Gasteiger partial charge in [-0.3, -0.25) is 0 Å². The van der Waals surface area contributed by atoms with E-state index in [9.17, 15) is 67.6 Å². The average Bonchev–Trinajstić information content (AvgIpc) is 3.75. The Hall–Kier alpha value is -5.70. The molecule has 0 amide bonds. The lowest BCUT2D eigenvalue weighted by Gasteiger charge is -2.13. The molecule has 0 aliphatic heterocycles. The van der Waals surface area contributed by atoms with Crippen molar-refractivity contribution in [2.75, 3.05) is 0 Å². The van der Waals surface area contributed by atoms with Gasteiger partial charge in [-0.2, -0.15) is 29.0 Å². The van der Waals surface area contributed by atoms with Crippen LogP contribution in [-0.4, -0.2) is 0 Å². The summed E-state index contributed by atoms with van der Waals surface area (Å²) in [5.41, 5.74) is -20.9. The number of alkyl halides is 3. The molecule has 0 spiro atoms. The molecule has 3 nitrogen and oxygen atoms in total. The lowest BCUT2D eigenvalue weighted by molar-refractivity contribution is -0.143. The molecule has 0 saturated heterocycles. The molecule has 1 aliphatic rings. The molecular weight excluding hydrogens is 687 g/mol. The van der Waals surface area contributed by atoms with Crippen LogP contribution in [0.3, 0.4) is 0 Å². The number of halogens is 15. The van der Waals surface area contributed by atoms with E-state index < -0.39 is 143 Å². The van der Waals surface area contributed by atoms with E-state index in [2.05, 4.69) is 0 Å². The molecule has 0 unspecified atom stereocenters. The second kappa shape index (κ2) is 11.8. The normalized spacial score (nSPS) is 15.9. The highest BCUT2D eigenvalue weighted by Crippen LogP contribution is 2.57. The second-order valence-electron chi connectivity index (χ2n) is 9.60. The van der Waals surface area contributed by atoms with E-state index in [1.54, 1.807) is 0 Å². The van der Waals surface area contributed by atoms with Crippen molar-refractivity contribution < 1.29 is 65.9 Å². The number of hydrogen-bond donors (Lipinski definition) is 0. The van der Waals surface area contributed by atoms with Gasteiger partial charge in [0.05, 0.1) is 27.8 Å². The number of nitriles is 3. The molecule has 0 N–H and O–H groups in total. The van der Waals surface area contributed by atoms with Crippen LogP contribution in [0.25, 0.3) is 16.7 Å². The van der Waals surface area contributed by atoms with Gasteiger partial charge in [-0.15, -0.1) is 0 Å². The average molecular weight is 693 g/mol. The number of rotatable bonds is 3. The largest absolute Gasteiger partial charge is 0.422 e. The molecule has 1 aliphatic carbocycles. The Kier molecular flexibility index (Phi) is 8.67. The molecule has 1 fully saturated rings. The highest BCUT2D eigenvalue weighted by atomic mass is 19.4. The van der Waals surface area contributed by atoms with Crippen molar-refractivity contribution in [3.63, 3.8) is 0 Å². The van der Waals surface area contributed by atoms with Gasteiger partial charge in [0.2, 0.25) is 0 Å². The monoisotopic (exact) mass is 693 g/mol. The third kappa shape index (κ3) is 4.94. The van der Waals surface area contributed by atoms with Gasteiger partial charge in [0, 0.05) is 16.7 Å². The van der Waals surface area contributed by atoms with E-state index in [0.29, 0.717) is 13.8 Å². The standard InChI is InChI=1S/C30H6F15N3/c1-6(12-22(35)20(33)10(5-48)21(34)23(12)36)11-13(8(3-46)15-24(37)18(31)7(2)19(32)25(15)38)14(11)9(4-47)16-26(39)28(41)17(30(43,44)45)29(42)27(16)40/h1-2H3. The van der Waals surface area contributed by atoms with Crippen LogP contribution in [0.4, 0.5) is 65.9 Å². The summed E-state index contributed by atoms with van der Waals surface area (Å²) in [5.74, 6) is -30.5. The first kappa shape index (κ1) is 35.2. The molecule has 18 heteroatoms. The van der Waals surface area contributed by atoms with Crippen molar-refractivity contribution in [1.82, 2.24) is 0 Å². The van der Waals surface area contributed by atoms with Crippen LogP contribution >= 0.6 is 0 Å². The minimum Gasteiger partial charge on any atom is -0.203 e. The Morgan fingerprint density at radius 1 is 0.479 bits per heavy atom. The van der Waals surface area contributed by atoms with Crippen LogP contribution in [0, 0.1) is 111 Å². The number of allylic oxidation sites excluding steroid dienone is 6. The van der Waals surface area contributed by atoms with E-state index in [1.165, 1.54) is 0 Å². The van der Waals surface area contributed by atoms with E-state index in [4.69, 9.17) is 5.26 Å². The van der Waals surface area contributed by atoms with Crippen LogP contribution in [0.2, 0.25) is 0 Å². The summed E-state index contributed by atoms with van der Waals surface area (Å²) in [4.78, 5) is 0. The van der Waals surface area contributed by atoms with Crippen LogP contribution in [0.5, 0.6) is 0 Å². The van der Waals surface area contributed by atoms with Gasteiger partial charge in [-0.05, 0) is 25.0 Å². The topological polar surface area (TPSA) is 71.4 Å². The fraction of sp³-hybridized carbons (Fsp3) is 0.100. The number of hydrogen-bond acceptors (Lipinski definition) is 3. The lowest BCUT2D eigenvalue weighted by atomic mass is 9.98. The molecular formula is C30H6F15N3. The summed E-state index contributed by atoms with van der Waals surface area (Å²) >= 11 is 0. The maximum absolute atomic E-state index is 15.0. The molecule has 3 aromatic rings. The third-order valence-corrected chi connectivity index (χ3v) is 7.07. The molecule has 1 saturated carbocycles. The van der Waals surface area contributed by atoms with Crippen LogP contribution in [0.15, 0.2) is 16.7 Å². The fourth-order valence-electron chi connectivity index (χ4n) is 4.78. The summed E-state index contributed by atoms with van der Waals surface area (Å²) in [7, 11) is 0. The summed E-state index contributed by atoms with van der Waals surface area (Å²) < 4.78 is 216. The molecule has 0 heterocycles. The maximum atomic E-state index is 15.0. The molecule has 0 radical (unpaired) electrons. The van der Waals surface area contributed by atoms with Gasteiger partial charge < -0.3 is 0 Å². The minimum atomic E-state index is -6.08. The Morgan fingerprint density at radius 2 is 0.812 bits per heavy atom. The van der Waals surface area contributed by atoms with Gasteiger partial charge in [-0.25, -0.2) is 52.7 Å². The van der Waals surface area contributed by atoms with Crippen molar-refractivity contribution >= 4 is 16.7 Å². The number of benzene rings is 3. The minimum absolute atomic E-state index is 0.488. The Balaban J connectivity index is 2.32. The van der Waals surface area contributed by atoms with E-state index in [0.717, 1.165) is 18.2 Å². The van der Waals surface area contributed by atoms with Crippen molar-refractivity contribution in [2.45, 2.75) is 20.0 Å². The van der Waals surface area contributed by atoms with E-state index in [1.807, 2.05) is 0 Å². The summed E-state index contributed by atoms with van der Waals surface area (Å²) in [5, 5.41) is 28.4. The van der Waals surface area contributed by atoms with Crippen molar-refractivity contribution in [1.29, 1.82) is 15.8 Å². The van der Waals surface area contributed by atoms with Gasteiger partial charge in [0.25, 0.3) is 0 Å². The molecule has 4 rings (SSSR count). The highest BCUT2D eigenvalue weighted by molar-refractivity contribution is 6.10. The Labute approximate surface area is 257 Å². The Bertz CT molecular complexity index is 2150. The lowest BCUT2D eigenvalue weighted by Crippen LogP contribution is -2.17. The van der Waals surface area contributed by atoms with Crippen LogP contribution < -0.4 is 0 Å². The van der Waals surface area contributed by atoms with Crippen molar-refractivity contribution in [3.05, 3.63) is 120 Å². The van der Waals surface area contributed by atoms with Gasteiger partial charge >= 0.3 is 6.18 Å². The van der Waals surface area contributed by atoms with Crippen molar-refractivity contribution in [2.24, 2.45) is 0 Å². The molecule has 48 heavy (non-hydrogen) atoms. The molecule has 0 bridgehead atoms. The highest BCUT2D eigenvalue weighted by Gasteiger charge is 2.47. The summed E-state index contributed by atoms with van der Waals surface area (Å²) in [6, 6.07) is 2.70. The van der Waals surface area contributed by atoms with Gasteiger partial charge in [0.1, 0.15) is 29.3 Å². The summed E-state index contributed by atoms with van der Waals surface area (Å²) in [6.45, 7) is 1.02. The molecule has 3 aromatic carbocycles. The van der Waals surface area contributed by atoms with Gasteiger partial charge in [-0.1, -0.05) is 0 Å². The number of nitrogens with zero attached hydrogens (tertiary/aromatic N) is 3. The first-order valence-corrected chi connectivity index (χ1v) is 12.3. The van der Waals surface area contributed by atoms with E-state index >= 15 is 8.78 Å². The first-order valence-electron chi connectivity index (χ1n) is 12.3. The quantitative estimate of drug-likeness (QED) is 0.156. The van der Waals surface area contributed by atoms with E-state index in [-0.39, 0.29) is 0 Å². The van der Waals surface area contributed by atoms with Gasteiger partial charge in [0.15, 0.2) is 69.8 Å². The molecule has 0 atom stereocenters. The van der Waals surface area contributed by atoms with Crippen LogP contribution in [-0.2, 0) is 6.18 Å². The fourth-order valence-corrected chi connectivity index (χ4v) is 4.78. The zero-order valence-corrected chi connectivity index (χ0v) is 23.0. The summed E-state index contributed by atoms with van der Waals surface area (Å²) in [6.07, 6.45) is -6.08. The Morgan fingerprint density at radius 3 is 1.12 bits per heavy atom.